The van der Waals surface area contributed by atoms with Gasteiger partial charge >= 0.3 is 13.7 Å². The van der Waals surface area contributed by atoms with Gasteiger partial charge in [0, 0.05) is 31.4 Å². The van der Waals surface area contributed by atoms with Crippen LogP contribution in [-0.2, 0) is 37.8 Å². The third kappa shape index (κ3) is 15.9. The monoisotopic (exact) mass is 866 g/mol. The summed E-state index contributed by atoms with van der Waals surface area (Å²) in [5, 5.41) is 24.6. The zero-order chi connectivity index (χ0) is 42.5. The fourth-order valence-electron chi connectivity index (χ4n) is 6.63. The summed E-state index contributed by atoms with van der Waals surface area (Å²) in [6.45, 7) is 4.28. The number of aliphatic hydroxyl groups is 2. The summed E-state index contributed by atoms with van der Waals surface area (Å²) in [5.74, 6) is -0.441. The van der Waals surface area contributed by atoms with E-state index in [0.717, 1.165) is 12.8 Å². The molecule has 6 atom stereocenters. The largest absolute Gasteiger partial charge is 0.469 e. The number of hydrogen-bond acceptors (Lipinski definition) is 15. The third-order valence-electron chi connectivity index (χ3n) is 9.90. The number of thiocarbonyl (C=S) groups is 1. The SMILES string of the molecule is CCCCCCCCCCCCCCCCOCCCOC(=O)[C@@H](C)NP(=O)(OOCC1O[C@@H](n2cc(C(N)=S)c3c(N)ncnc32)[C@H](O)[C@@H]1O)OOc1ccccc1. The van der Waals surface area contributed by atoms with Gasteiger partial charge in [0.15, 0.2) is 12.0 Å². The number of aromatic nitrogens is 3. The Bertz CT molecular complexity index is 1740. The molecule has 1 fully saturated rings. The molecule has 0 bridgehead atoms. The number of aliphatic hydroxyl groups excluding tert-OH is 2. The number of rotatable bonds is 31. The number of nitrogen functional groups attached to an aromatic ring is 1. The number of esters is 1. The Hall–Kier alpha value is -3.29. The highest BCUT2D eigenvalue weighted by atomic mass is 32.1. The second kappa shape index (κ2) is 26.1. The number of hydrogen-bond donors (Lipinski definition) is 5. The molecule has 17 nitrogen and oxygen atoms in total. The van der Waals surface area contributed by atoms with Crippen LogP contribution in [0.5, 0.6) is 5.75 Å². The minimum absolute atomic E-state index is 0.00949. The first-order chi connectivity index (χ1) is 28.5. The van der Waals surface area contributed by atoms with Crippen LogP contribution < -0.4 is 21.4 Å². The Morgan fingerprint density at radius 1 is 0.915 bits per heavy atom. The van der Waals surface area contributed by atoms with Crippen molar-refractivity contribution >= 4 is 47.8 Å². The number of carbonyl (C=O) groups is 1. The Labute approximate surface area is 352 Å². The van der Waals surface area contributed by atoms with Gasteiger partial charge in [0.05, 0.1) is 12.0 Å². The van der Waals surface area contributed by atoms with Crippen molar-refractivity contribution in [2.75, 3.05) is 32.2 Å². The lowest BCUT2D eigenvalue weighted by atomic mass is 10.0. The van der Waals surface area contributed by atoms with Crippen LogP contribution in [0.3, 0.4) is 0 Å². The average Bonchev–Trinajstić information content (AvgIpc) is 3.75. The van der Waals surface area contributed by atoms with Gasteiger partial charge in [-0.15, -0.1) is 4.67 Å². The number of unbranched alkanes of at least 4 members (excludes halogenated alkanes) is 13. The van der Waals surface area contributed by atoms with Crippen LogP contribution in [0, 0.1) is 0 Å². The number of fused-ring (bicyclic) bond motifs is 1. The molecule has 0 radical (unpaired) electrons. The van der Waals surface area contributed by atoms with Gasteiger partial charge in [0.1, 0.15) is 53.7 Å². The minimum atomic E-state index is -4.57. The van der Waals surface area contributed by atoms with Gasteiger partial charge in [-0.1, -0.05) is 125 Å². The minimum Gasteiger partial charge on any atom is -0.464 e. The van der Waals surface area contributed by atoms with Crippen molar-refractivity contribution in [3.63, 3.8) is 0 Å². The summed E-state index contributed by atoms with van der Waals surface area (Å²) in [6, 6.07) is 6.96. The van der Waals surface area contributed by atoms with Crippen molar-refractivity contribution in [3.05, 3.63) is 48.4 Å². The third-order valence-corrected chi connectivity index (χ3v) is 11.4. The van der Waals surface area contributed by atoms with E-state index in [0.29, 0.717) is 30.6 Å². The van der Waals surface area contributed by atoms with E-state index in [2.05, 4.69) is 22.0 Å². The van der Waals surface area contributed by atoms with Crippen LogP contribution in [0.15, 0.2) is 42.9 Å². The van der Waals surface area contributed by atoms with Gasteiger partial charge in [-0.2, -0.15) is 0 Å². The van der Waals surface area contributed by atoms with Crippen LogP contribution in [0.2, 0.25) is 0 Å². The van der Waals surface area contributed by atoms with Gasteiger partial charge in [-0.25, -0.2) is 24.5 Å². The van der Waals surface area contributed by atoms with E-state index < -0.39 is 50.9 Å². The summed E-state index contributed by atoms with van der Waals surface area (Å²) < 4.78 is 42.4. The fourth-order valence-corrected chi connectivity index (χ4v) is 7.85. The molecule has 0 aliphatic carbocycles. The molecule has 1 aliphatic heterocycles. The quantitative estimate of drug-likeness (QED) is 0.0112. The molecule has 1 aliphatic rings. The summed E-state index contributed by atoms with van der Waals surface area (Å²) in [4.78, 5) is 31.4. The van der Waals surface area contributed by atoms with Crippen molar-refractivity contribution in [1.29, 1.82) is 0 Å². The maximum absolute atomic E-state index is 13.8. The molecule has 0 saturated carbocycles. The highest BCUT2D eigenvalue weighted by molar-refractivity contribution is 7.80. The summed E-state index contributed by atoms with van der Waals surface area (Å²) in [6.07, 6.45) is 16.0. The standard InChI is InChI=1S/C40H63N6O11PS/c1-3-4-5-6-7-8-9-10-11-12-13-14-15-19-23-51-24-20-25-52-40(49)29(2)45-58(50,57-55-30-21-17-16-18-22-30)56-53-27-32-34(47)35(48)39(54-32)46-26-31(37(42)59)33-36(41)43-28-44-38(33)46/h16-18,21-22,26,28-29,32,34-35,39,47-48H,3-15,19-20,23-25,27H2,1-2H3,(H2,42,59)(H,45,50)(H2,41,43,44)/t29-,32?,34-,35-,39-,58?/m1/s1. The molecule has 2 aromatic heterocycles. The second-order valence-corrected chi connectivity index (χ2v) is 16.7. The number of anilines is 1. The van der Waals surface area contributed by atoms with E-state index in [9.17, 15) is 19.6 Å². The Morgan fingerprint density at radius 2 is 1.54 bits per heavy atom. The van der Waals surface area contributed by atoms with Crippen molar-refractivity contribution < 1.29 is 52.9 Å². The molecule has 1 saturated heterocycles. The highest BCUT2D eigenvalue weighted by Crippen LogP contribution is 2.45. The van der Waals surface area contributed by atoms with Crippen LogP contribution >= 0.6 is 20.0 Å². The molecule has 59 heavy (non-hydrogen) atoms. The maximum Gasteiger partial charge on any atom is 0.469 e. The van der Waals surface area contributed by atoms with E-state index in [1.165, 1.54) is 101 Å². The van der Waals surface area contributed by atoms with Crippen LogP contribution in [0.1, 0.15) is 122 Å². The molecule has 3 aromatic rings. The summed E-state index contributed by atoms with van der Waals surface area (Å²) >= 11 is 5.15. The number of ether oxygens (including phenoxy) is 3. The second-order valence-electron chi connectivity index (χ2n) is 14.7. The predicted molar refractivity (Wildman–Crippen MR) is 226 cm³/mol. The van der Waals surface area contributed by atoms with Crippen molar-refractivity contribution in [2.45, 2.75) is 141 Å². The van der Waals surface area contributed by atoms with Crippen molar-refractivity contribution in [2.24, 2.45) is 5.73 Å². The van der Waals surface area contributed by atoms with Crippen LogP contribution in [-0.4, -0.2) is 86.5 Å². The lowest BCUT2D eigenvalue weighted by molar-refractivity contribution is -0.258. The van der Waals surface area contributed by atoms with Crippen molar-refractivity contribution in [3.8, 4) is 5.75 Å². The zero-order valence-electron chi connectivity index (χ0n) is 34.3. The molecule has 4 rings (SSSR count). The summed E-state index contributed by atoms with van der Waals surface area (Å²) in [5.41, 5.74) is 12.5. The molecular weight excluding hydrogens is 804 g/mol. The molecule has 19 heteroatoms. The molecule has 330 valence electrons. The smallest absolute Gasteiger partial charge is 0.464 e. The molecule has 0 spiro atoms. The predicted octanol–water partition coefficient (Wildman–Crippen LogP) is 6.74. The topological polar surface area (TPSA) is 234 Å². The number of benzene rings is 1. The number of nitrogens with one attached hydrogen (secondary N) is 1. The molecule has 7 N–H and O–H groups in total. The Morgan fingerprint density at radius 3 is 2.19 bits per heavy atom. The Kier molecular flexibility index (Phi) is 21.4. The molecule has 0 amide bonds. The van der Waals surface area contributed by atoms with E-state index >= 15 is 0 Å². The lowest BCUT2D eigenvalue weighted by Gasteiger charge is -2.21. The number of nitrogens with zero attached hydrogens (tertiary/aromatic N) is 3. The van der Waals surface area contributed by atoms with Gasteiger partial charge in [-0.3, -0.25) is 4.79 Å². The van der Waals surface area contributed by atoms with E-state index in [-0.39, 0.29) is 28.8 Å². The van der Waals surface area contributed by atoms with Gasteiger partial charge in [-0.05, 0) is 25.5 Å². The van der Waals surface area contributed by atoms with Crippen LogP contribution in [0.25, 0.3) is 11.0 Å². The van der Waals surface area contributed by atoms with Gasteiger partial charge < -0.3 is 45.3 Å². The molecule has 2 unspecified atom stereocenters. The zero-order valence-corrected chi connectivity index (χ0v) is 36.0. The van der Waals surface area contributed by atoms with Gasteiger partial charge in [0.25, 0.3) is 0 Å². The van der Waals surface area contributed by atoms with Gasteiger partial charge in [0.2, 0.25) is 0 Å². The number of carbonyl (C=O) groups excluding carboxylic acids is 1. The first-order valence-corrected chi connectivity index (χ1v) is 22.8. The number of nitrogens with two attached hydrogens (primary N) is 2. The number of para-hydroxylation sites is 1. The van der Waals surface area contributed by atoms with E-state index in [4.69, 9.17) is 57.0 Å². The summed E-state index contributed by atoms with van der Waals surface area (Å²) in [7, 11) is -4.57. The Balaban J connectivity index is 1.16. The van der Waals surface area contributed by atoms with Crippen molar-refractivity contribution in [1.82, 2.24) is 19.6 Å². The van der Waals surface area contributed by atoms with E-state index in [1.807, 2.05) is 0 Å². The highest BCUT2D eigenvalue weighted by Gasteiger charge is 2.45. The van der Waals surface area contributed by atoms with Crippen LogP contribution in [0.4, 0.5) is 5.82 Å². The average molecular weight is 867 g/mol. The lowest BCUT2D eigenvalue weighted by Crippen LogP contribution is -2.36. The molecular formula is C40H63N6O11PS. The van der Waals surface area contributed by atoms with E-state index in [1.54, 1.807) is 30.3 Å². The molecule has 1 aromatic carbocycles. The first-order valence-electron chi connectivity index (χ1n) is 20.8. The maximum atomic E-state index is 13.8. The first kappa shape index (κ1) is 48.4. The molecule has 3 heterocycles. The fraction of sp³-hybridized carbons (Fsp3) is 0.650. The normalized spacial score (nSPS) is 19.5.